The third kappa shape index (κ3) is 3.66. The van der Waals surface area contributed by atoms with E-state index in [1.165, 1.54) is 24.4 Å². The van der Waals surface area contributed by atoms with Crippen LogP contribution in [0.2, 0.25) is 5.02 Å². The first-order valence-electron chi connectivity index (χ1n) is 9.49. The highest BCUT2D eigenvalue weighted by atomic mass is 35.5. The first-order valence-corrected chi connectivity index (χ1v) is 11.3. The van der Waals surface area contributed by atoms with Crippen molar-refractivity contribution in [2.75, 3.05) is 26.2 Å². The number of halogens is 1. The van der Waals surface area contributed by atoms with Crippen molar-refractivity contribution in [2.24, 2.45) is 0 Å². The number of nitrogens with zero attached hydrogens (tertiary/aromatic N) is 4. The number of aryl methyl sites for hydroxylation is 2. The summed E-state index contributed by atoms with van der Waals surface area (Å²) in [4.78, 5) is 7.25. The summed E-state index contributed by atoms with van der Waals surface area (Å²) in [6.07, 6.45) is 3.48. The van der Waals surface area contributed by atoms with Crippen molar-refractivity contribution in [3.63, 3.8) is 0 Å². The molecule has 0 unspecified atom stereocenters. The minimum Gasteiger partial charge on any atom is -0.331 e. The Balaban J connectivity index is 1.44. The van der Waals surface area contributed by atoms with Crippen molar-refractivity contribution in [3.05, 3.63) is 46.5 Å². The van der Waals surface area contributed by atoms with E-state index >= 15 is 0 Å². The van der Waals surface area contributed by atoms with Crippen LogP contribution in [0.15, 0.2) is 29.2 Å². The predicted octanol–water partition coefficient (Wildman–Crippen LogP) is 2.69. The lowest BCUT2D eigenvalue weighted by Crippen LogP contribution is -2.48. The number of imidazole rings is 1. The second-order valence-corrected chi connectivity index (χ2v) is 9.59. The summed E-state index contributed by atoms with van der Waals surface area (Å²) in [7, 11) is -3.54. The van der Waals surface area contributed by atoms with Gasteiger partial charge in [-0.25, -0.2) is 13.4 Å². The Morgan fingerprint density at radius 2 is 1.81 bits per heavy atom. The van der Waals surface area contributed by atoms with Crippen LogP contribution < -0.4 is 0 Å². The monoisotopic (exact) mass is 408 g/mol. The molecule has 0 bridgehead atoms. The van der Waals surface area contributed by atoms with Gasteiger partial charge >= 0.3 is 0 Å². The number of aromatic nitrogens is 2. The Morgan fingerprint density at radius 1 is 1.07 bits per heavy atom. The molecule has 0 atom stereocenters. The molecule has 4 rings (SSSR count). The van der Waals surface area contributed by atoms with Crippen molar-refractivity contribution in [2.45, 2.75) is 44.2 Å². The van der Waals surface area contributed by atoms with Gasteiger partial charge in [-0.1, -0.05) is 23.7 Å². The quantitative estimate of drug-likeness (QED) is 0.780. The topological polar surface area (TPSA) is 58.4 Å². The van der Waals surface area contributed by atoms with E-state index in [0.29, 0.717) is 26.2 Å². The summed E-state index contributed by atoms with van der Waals surface area (Å²) in [5.41, 5.74) is 2.39. The Hall–Kier alpha value is -1.41. The lowest BCUT2D eigenvalue weighted by atomic mass is 10.1. The molecule has 0 amide bonds. The van der Waals surface area contributed by atoms with Crippen LogP contribution in [0, 0.1) is 6.92 Å². The maximum absolute atomic E-state index is 12.9. The van der Waals surface area contributed by atoms with E-state index in [9.17, 15) is 8.42 Å². The molecule has 1 aromatic carbocycles. The predicted molar refractivity (Wildman–Crippen MR) is 105 cm³/mol. The van der Waals surface area contributed by atoms with Crippen LogP contribution >= 0.6 is 11.6 Å². The molecule has 3 heterocycles. The Morgan fingerprint density at radius 3 is 2.56 bits per heavy atom. The summed E-state index contributed by atoms with van der Waals surface area (Å²) in [5.74, 6) is 1.20. The van der Waals surface area contributed by atoms with Crippen LogP contribution in [0.1, 0.15) is 30.1 Å². The lowest BCUT2D eigenvalue weighted by Gasteiger charge is -2.34. The maximum Gasteiger partial charge on any atom is 0.244 e. The van der Waals surface area contributed by atoms with Gasteiger partial charge in [0.1, 0.15) is 10.7 Å². The highest BCUT2D eigenvalue weighted by molar-refractivity contribution is 7.89. The molecule has 0 spiro atoms. The molecule has 8 heteroatoms. The van der Waals surface area contributed by atoms with Crippen LogP contribution in [0.3, 0.4) is 0 Å². The smallest absolute Gasteiger partial charge is 0.244 e. The molecule has 1 fully saturated rings. The molecule has 2 aliphatic rings. The van der Waals surface area contributed by atoms with Crippen LogP contribution in [-0.4, -0.2) is 53.4 Å². The van der Waals surface area contributed by atoms with Gasteiger partial charge in [0.05, 0.1) is 16.4 Å². The van der Waals surface area contributed by atoms with Crippen LogP contribution in [0.25, 0.3) is 0 Å². The summed E-state index contributed by atoms with van der Waals surface area (Å²) >= 11 is 6.11. The number of piperazine rings is 1. The van der Waals surface area contributed by atoms with E-state index in [2.05, 4.69) is 16.4 Å². The fraction of sp³-hybridized carbons (Fsp3) is 0.526. The molecule has 2 aromatic rings. The molecule has 1 aromatic heterocycles. The first kappa shape index (κ1) is 18.9. The van der Waals surface area contributed by atoms with E-state index in [0.717, 1.165) is 25.2 Å². The SMILES string of the molecule is Cc1nc2n(c1CN1CCN(S(=O)(=O)c3ccccc3Cl)CC1)CCCC2. The number of sulfonamides is 1. The van der Waals surface area contributed by atoms with E-state index in [-0.39, 0.29) is 9.92 Å². The number of fused-ring (bicyclic) bond motifs is 1. The average Bonchev–Trinajstić information content (AvgIpc) is 2.98. The highest BCUT2D eigenvalue weighted by Gasteiger charge is 2.30. The second-order valence-electron chi connectivity index (χ2n) is 7.28. The van der Waals surface area contributed by atoms with E-state index in [1.807, 2.05) is 0 Å². The van der Waals surface area contributed by atoms with Crippen LogP contribution in [0.4, 0.5) is 0 Å². The van der Waals surface area contributed by atoms with Gasteiger partial charge in [-0.05, 0) is 31.9 Å². The molecular formula is C19H25ClN4O2S. The van der Waals surface area contributed by atoms with Crippen molar-refractivity contribution in [1.29, 1.82) is 0 Å². The second kappa shape index (κ2) is 7.54. The van der Waals surface area contributed by atoms with Crippen molar-refractivity contribution < 1.29 is 8.42 Å². The molecular weight excluding hydrogens is 384 g/mol. The van der Waals surface area contributed by atoms with E-state index in [1.54, 1.807) is 28.6 Å². The molecule has 0 N–H and O–H groups in total. The minimum atomic E-state index is -3.54. The van der Waals surface area contributed by atoms with Crippen molar-refractivity contribution in [1.82, 2.24) is 18.8 Å². The normalized spacial score (nSPS) is 19.2. The molecule has 0 radical (unpaired) electrons. The number of hydrogen-bond donors (Lipinski definition) is 0. The zero-order valence-electron chi connectivity index (χ0n) is 15.6. The Bertz CT molecular complexity index is 933. The van der Waals surface area contributed by atoms with E-state index < -0.39 is 10.0 Å². The fourth-order valence-corrected chi connectivity index (χ4v) is 5.93. The standard InChI is InChI=1S/C19H25ClN4O2S/c1-15-17(24-9-5-4-8-19(24)21-15)14-22-10-12-23(13-11-22)27(25,26)18-7-3-2-6-16(18)20/h2-3,6-7H,4-5,8-14H2,1H3. The van der Waals surface area contributed by atoms with Crippen LogP contribution in [-0.2, 0) is 29.5 Å². The third-order valence-electron chi connectivity index (χ3n) is 5.54. The van der Waals surface area contributed by atoms with Gasteiger partial charge in [-0.2, -0.15) is 4.31 Å². The Kier molecular flexibility index (Phi) is 5.29. The van der Waals surface area contributed by atoms with Gasteiger partial charge in [0.25, 0.3) is 0 Å². The van der Waals surface area contributed by atoms with Crippen LogP contribution in [0.5, 0.6) is 0 Å². The van der Waals surface area contributed by atoms with Gasteiger partial charge in [-0.15, -0.1) is 0 Å². The summed E-state index contributed by atoms with van der Waals surface area (Å²) < 4.78 is 29.7. The fourth-order valence-electron chi connectivity index (χ4n) is 4.01. The summed E-state index contributed by atoms with van der Waals surface area (Å²) in [5, 5.41) is 0.279. The Labute approximate surface area is 165 Å². The number of rotatable bonds is 4. The molecule has 0 aliphatic carbocycles. The average molecular weight is 409 g/mol. The zero-order valence-corrected chi connectivity index (χ0v) is 17.1. The van der Waals surface area contributed by atoms with Crippen molar-refractivity contribution >= 4 is 21.6 Å². The third-order valence-corrected chi connectivity index (χ3v) is 7.94. The highest BCUT2D eigenvalue weighted by Crippen LogP contribution is 2.26. The molecule has 6 nitrogen and oxygen atoms in total. The summed E-state index contributed by atoms with van der Waals surface area (Å²) in [6, 6.07) is 6.65. The summed E-state index contributed by atoms with van der Waals surface area (Å²) in [6.45, 7) is 6.35. The van der Waals surface area contributed by atoms with Gasteiger partial charge in [-0.3, -0.25) is 4.90 Å². The van der Waals surface area contributed by atoms with Gasteiger partial charge in [0.15, 0.2) is 0 Å². The maximum atomic E-state index is 12.9. The molecule has 2 aliphatic heterocycles. The molecule has 27 heavy (non-hydrogen) atoms. The number of benzene rings is 1. The first-order chi connectivity index (χ1) is 13.0. The zero-order chi connectivity index (χ0) is 19.0. The van der Waals surface area contributed by atoms with Gasteiger partial charge < -0.3 is 4.57 Å². The minimum absolute atomic E-state index is 0.195. The molecule has 146 valence electrons. The molecule has 1 saturated heterocycles. The van der Waals surface area contributed by atoms with E-state index in [4.69, 9.17) is 16.6 Å². The number of hydrogen-bond acceptors (Lipinski definition) is 4. The largest absolute Gasteiger partial charge is 0.331 e. The van der Waals surface area contributed by atoms with Gasteiger partial charge in [0.2, 0.25) is 10.0 Å². The molecule has 0 saturated carbocycles. The van der Waals surface area contributed by atoms with Gasteiger partial charge in [0, 0.05) is 45.7 Å². The van der Waals surface area contributed by atoms with Crippen molar-refractivity contribution in [3.8, 4) is 0 Å². The lowest BCUT2D eigenvalue weighted by molar-refractivity contribution is 0.177.